The molecule has 0 aromatic carbocycles. The molecule has 4 nitrogen and oxygen atoms in total. The van der Waals surface area contributed by atoms with E-state index in [1.807, 2.05) is 12.3 Å². The first-order valence-electron chi connectivity index (χ1n) is 5.99. The van der Waals surface area contributed by atoms with Gasteiger partial charge in [0, 0.05) is 11.8 Å². The lowest BCUT2D eigenvalue weighted by Gasteiger charge is -2.09. The summed E-state index contributed by atoms with van der Waals surface area (Å²) in [6.45, 7) is 5.32. The molecule has 0 bridgehead atoms. The van der Waals surface area contributed by atoms with E-state index in [9.17, 15) is 4.79 Å². The van der Waals surface area contributed by atoms with Crippen LogP contribution >= 0.6 is 11.3 Å². The fraction of sp³-hybridized carbons (Fsp3) is 0.667. The molecular formula is C12H21N3OS. The van der Waals surface area contributed by atoms with Crippen molar-refractivity contribution in [2.45, 2.75) is 39.7 Å². The molecule has 3 N–H and O–H groups in total. The molecule has 0 saturated carbocycles. The first-order chi connectivity index (χ1) is 8.11. The van der Waals surface area contributed by atoms with Crippen LogP contribution in [0.25, 0.3) is 0 Å². The Morgan fingerprint density at radius 2 is 2.35 bits per heavy atom. The Kier molecular flexibility index (Phi) is 6.15. The van der Waals surface area contributed by atoms with Crippen molar-refractivity contribution in [2.24, 2.45) is 11.7 Å². The Labute approximate surface area is 107 Å². The van der Waals surface area contributed by atoms with Crippen molar-refractivity contribution in [3.05, 3.63) is 16.1 Å². The van der Waals surface area contributed by atoms with Crippen LogP contribution in [0.2, 0.25) is 0 Å². The number of thiazole rings is 1. The number of nitrogens with two attached hydrogens (primary N) is 1. The minimum atomic E-state index is 0.0968. The second kappa shape index (κ2) is 7.40. The molecule has 0 saturated heterocycles. The van der Waals surface area contributed by atoms with Crippen molar-refractivity contribution in [2.75, 3.05) is 6.54 Å². The summed E-state index contributed by atoms with van der Waals surface area (Å²) in [4.78, 5) is 15.9. The standard InChI is InChI=1S/C12H21N3OS/c1-9(5-6-13)3-4-12(16)14-7-11-8-17-10(2)15-11/h8-9H,3-7,13H2,1-2H3,(H,14,16). The molecule has 1 unspecified atom stereocenters. The number of nitrogens with one attached hydrogen (secondary N) is 1. The average molecular weight is 255 g/mol. The minimum absolute atomic E-state index is 0.0968. The van der Waals surface area contributed by atoms with Gasteiger partial charge < -0.3 is 11.1 Å². The number of carbonyl (C=O) groups excluding carboxylic acids is 1. The van der Waals surface area contributed by atoms with Crippen LogP contribution in [0.4, 0.5) is 0 Å². The van der Waals surface area contributed by atoms with E-state index in [0.717, 1.165) is 23.5 Å². The zero-order valence-corrected chi connectivity index (χ0v) is 11.3. The second-order valence-corrected chi connectivity index (χ2v) is 5.42. The number of hydrogen-bond donors (Lipinski definition) is 2. The molecule has 0 fully saturated rings. The molecule has 1 rings (SSSR count). The topological polar surface area (TPSA) is 68.0 Å². The van der Waals surface area contributed by atoms with Gasteiger partial charge in [0.15, 0.2) is 0 Å². The van der Waals surface area contributed by atoms with Crippen LogP contribution < -0.4 is 11.1 Å². The molecule has 17 heavy (non-hydrogen) atoms. The zero-order chi connectivity index (χ0) is 12.7. The quantitative estimate of drug-likeness (QED) is 0.781. The van der Waals surface area contributed by atoms with E-state index in [2.05, 4.69) is 17.2 Å². The number of aromatic nitrogens is 1. The maximum absolute atomic E-state index is 11.6. The van der Waals surface area contributed by atoms with Crippen LogP contribution in [0, 0.1) is 12.8 Å². The Bertz CT molecular complexity index is 351. The molecule has 0 aliphatic rings. The van der Waals surface area contributed by atoms with Crippen LogP contribution in [0.5, 0.6) is 0 Å². The second-order valence-electron chi connectivity index (χ2n) is 4.36. The van der Waals surface area contributed by atoms with Crippen molar-refractivity contribution in [3.8, 4) is 0 Å². The van der Waals surface area contributed by atoms with E-state index < -0.39 is 0 Å². The predicted octanol–water partition coefficient (Wildman–Crippen LogP) is 1.83. The molecule has 1 heterocycles. The Morgan fingerprint density at radius 3 is 2.94 bits per heavy atom. The van der Waals surface area contributed by atoms with Gasteiger partial charge in [0.05, 0.1) is 17.2 Å². The molecule has 1 atom stereocenters. The molecule has 1 aromatic heterocycles. The normalized spacial score (nSPS) is 12.4. The maximum atomic E-state index is 11.6. The van der Waals surface area contributed by atoms with Gasteiger partial charge in [-0.1, -0.05) is 6.92 Å². The number of carbonyl (C=O) groups is 1. The third kappa shape index (κ3) is 5.79. The molecule has 0 aliphatic carbocycles. The minimum Gasteiger partial charge on any atom is -0.350 e. The molecule has 5 heteroatoms. The van der Waals surface area contributed by atoms with Gasteiger partial charge in [0.2, 0.25) is 5.91 Å². The number of aryl methyl sites for hydroxylation is 1. The van der Waals surface area contributed by atoms with Crippen LogP contribution in [0.1, 0.15) is 36.9 Å². The Balaban J connectivity index is 2.17. The van der Waals surface area contributed by atoms with Crippen LogP contribution in [-0.2, 0) is 11.3 Å². The first kappa shape index (κ1) is 14.1. The summed E-state index contributed by atoms with van der Waals surface area (Å²) in [7, 11) is 0. The smallest absolute Gasteiger partial charge is 0.220 e. The fourth-order valence-corrected chi connectivity index (χ4v) is 2.19. The third-order valence-electron chi connectivity index (χ3n) is 2.66. The van der Waals surface area contributed by atoms with Crippen molar-refractivity contribution in [3.63, 3.8) is 0 Å². The van der Waals surface area contributed by atoms with Gasteiger partial charge in [0.1, 0.15) is 0 Å². The van der Waals surface area contributed by atoms with Crippen molar-refractivity contribution < 1.29 is 4.79 Å². The molecule has 1 amide bonds. The monoisotopic (exact) mass is 255 g/mol. The molecule has 0 aliphatic heterocycles. The summed E-state index contributed by atoms with van der Waals surface area (Å²) < 4.78 is 0. The van der Waals surface area contributed by atoms with Gasteiger partial charge in [-0.3, -0.25) is 4.79 Å². The van der Waals surface area contributed by atoms with E-state index in [1.54, 1.807) is 11.3 Å². The van der Waals surface area contributed by atoms with Crippen LogP contribution in [-0.4, -0.2) is 17.4 Å². The highest BCUT2D eigenvalue weighted by molar-refractivity contribution is 7.09. The SMILES string of the molecule is Cc1nc(CNC(=O)CCC(C)CCN)cs1. The molecule has 96 valence electrons. The highest BCUT2D eigenvalue weighted by Crippen LogP contribution is 2.10. The van der Waals surface area contributed by atoms with Gasteiger partial charge in [-0.05, 0) is 32.2 Å². The largest absolute Gasteiger partial charge is 0.350 e. The third-order valence-corrected chi connectivity index (χ3v) is 3.48. The maximum Gasteiger partial charge on any atom is 0.220 e. The summed E-state index contributed by atoms with van der Waals surface area (Å²) in [5, 5.41) is 5.90. The van der Waals surface area contributed by atoms with E-state index >= 15 is 0 Å². The lowest BCUT2D eigenvalue weighted by Crippen LogP contribution is -2.23. The lowest BCUT2D eigenvalue weighted by molar-refractivity contribution is -0.121. The Hall–Kier alpha value is -0.940. The Morgan fingerprint density at radius 1 is 1.59 bits per heavy atom. The van der Waals surface area contributed by atoms with E-state index in [4.69, 9.17) is 5.73 Å². The average Bonchev–Trinajstić information content (AvgIpc) is 2.70. The van der Waals surface area contributed by atoms with Crippen molar-refractivity contribution in [1.29, 1.82) is 0 Å². The lowest BCUT2D eigenvalue weighted by atomic mass is 10.0. The van der Waals surface area contributed by atoms with Gasteiger partial charge in [-0.15, -0.1) is 11.3 Å². The number of hydrogen-bond acceptors (Lipinski definition) is 4. The zero-order valence-electron chi connectivity index (χ0n) is 10.5. The van der Waals surface area contributed by atoms with E-state index in [-0.39, 0.29) is 5.91 Å². The number of rotatable bonds is 7. The summed E-state index contributed by atoms with van der Waals surface area (Å²) in [6, 6.07) is 0. The van der Waals surface area contributed by atoms with Crippen molar-refractivity contribution in [1.82, 2.24) is 10.3 Å². The summed E-state index contributed by atoms with van der Waals surface area (Å²) in [5.74, 6) is 0.617. The summed E-state index contributed by atoms with van der Waals surface area (Å²) >= 11 is 1.60. The number of nitrogens with zero attached hydrogens (tertiary/aromatic N) is 1. The van der Waals surface area contributed by atoms with Gasteiger partial charge >= 0.3 is 0 Å². The molecule has 1 aromatic rings. The van der Waals surface area contributed by atoms with E-state index in [0.29, 0.717) is 25.4 Å². The first-order valence-corrected chi connectivity index (χ1v) is 6.87. The molecule has 0 radical (unpaired) electrons. The van der Waals surface area contributed by atoms with E-state index in [1.165, 1.54) is 0 Å². The van der Waals surface area contributed by atoms with Gasteiger partial charge in [-0.2, -0.15) is 0 Å². The highest BCUT2D eigenvalue weighted by Gasteiger charge is 2.06. The summed E-state index contributed by atoms with van der Waals surface area (Å²) in [5.41, 5.74) is 6.41. The summed E-state index contributed by atoms with van der Waals surface area (Å²) in [6.07, 6.45) is 2.46. The highest BCUT2D eigenvalue weighted by atomic mass is 32.1. The predicted molar refractivity (Wildman–Crippen MR) is 70.8 cm³/mol. The molecule has 0 spiro atoms. The van der Waals surface area contributed by atoms with Gasteiger partial charge in [0.25, 0.3) is 0 Å². The van der Waals surface area contributed by atoms with Crippen LogP contribution in [0.15, 0.2) is 5.38 Å². The number of amides is 1. The molecular weight excluding hydrogens is 234 g/mol. The van der Waals surface area contributed by atoms with Crippen LogP contribution in [0.3, 0.4) is 0 Å². The van der Waals surface area contributed by atoms with Gasteiger partial charge in [-0.25, -0.2) is 4.98 Å². The van der Waals surface area contributed by atoms with Crippen molar-refractivity contribution >= 4 is 17.2 Å². The fourth-order valence-electron chi connectivity index (χ4n) is 1.57.